The number of hydrogen-bond donors (Lipinski definition) is 2. The highest BCUT2D eigenvalue weighted by atomic mass is 127. The number of halogens is 1. The van der Waals surface area contributed by atoms with Gasteiger partial charge in [-0.05, 0) is 36.6 Å². The second-order valence-electron chi connectivity index (χ2n) is 7.09. The first kappa shape index (κ1) is 24.1. The Labute approximate surface area is 195 Å². The Kier molecular flexibility index (Phi) is 9.51. The molecule has 3 aromatic rings. The van der Waals surface area contributed by atoms with Gasteiger partial charge in [-0.15, -0.1) is 34.2 Å². The van der Waals surface area contributed by atoms with Crippen molar-refractivity contribution in [1.29, 1.82) is 0 Å². The number of aromatic nitrogens is 3. The highest BCUT2D eigenvalue weighted by Crippen LogP contribution is 2.23. The van der Waals surface area contributed by atoms with E-state index in [4.69, 9.17) is 9.73 Å². The summed E-state index contributed by atoms with van der Waals surface area (Å²) in [5.74, 6) is 2.46. The number of fused-ring (bicyclic) bond motifs is 1. The second-order valence-corrected chi connectivity index (χ2v) is 7.09. The molecule has 0 aliphatic rings. The van der Waals surface area contributed by atoms with Gasteiger partial charge in [0.05, 0.1) is 6.04 Å². The van der Waals surface area contributed by atoms with Gasteiger partial charge in [0.15, 0.2) is 11.8 Å². The summed E-state index contributed by atoms with van der Waals surface area (Å²) in [7, 11) is 3.67. The molecule has 0 aliphatic carbocycles. The van der Waals surface area contributed by atoms with Gasteiger partial charge in [-0.3, -0.25) is 0 Å². The molecule has 0 aliphatic heterocycles. The van der Waals surface area contributed by atoms with Gasteiger partial charge in [0.1, 0.15) is 12.4 Å². The fourth-order valence-corrected chi connectivity index (χ4v) is 3.23. The lowest BCUT2D eigenvalue weighted by molar-refractivity contribution is 0.195. The fraction of sp³-hybridized carbons (Fsp3) is 0.409. The van der Waals surface area contributed by atoms with E-state index in [1.165, 1.54) is 16.3 Å². The highest BCUT2D eigenvalue weighted by Gasteiger charge is 2.12. The van der Waals surface area contributed by atoms with E-state index in [2.05, 4.69) is 70.2 Å². The van der Waals surface area contributed by atoms with Crippen molar-refractivity contribution in [3.63, 3.8) is 0 Å². The minimum atomic E-state index is 0. The minimum Gasteiger partial charge on any atom is -0.385 e. The van der Waals surface area contributed by atoms with Crippen molar-refractivity contribution < 1.29 is 4.74 Å². The molecule has 2 aromatic carbocycles. The molecular formula is C22H31IN6O. The summed E-state index contributed by atoms with van der Waals surface area (Å²) < 4.78 is 7.11. The van der Waals surface area contributed by atoms with Gasteiger partial charge in [0.2, 0.25) is 0 Å². The van der Waals surface area contributed by atoms with Gasteiger partial charge >= 0.3 is 0 Å². The van der Waals surface area contributed by atoms with Crippen LogP contribution in [0.3, 0.4) is 0 Å². The summed E-state index contributed by atoms with van der Waals surface area (Å²) in [5, 5.41) is 17.7. The largest absolute Gasteiger partial charge is 0.385 e. The average molecular weight is 522 g/mol. The Morgan fingerprint density at radius 2 is 1.93 bits per heavy atom. The van der Waals surface area contributed by atoms with Crippen LogP contribution in [0.2, 0.25) is 0 Å². The molecule has 0 radical (unpaired) electrons. The van der Waals surface area contributed by atoms with Crippen LogP contribution in [-0.2, 0) is 18.3 Å². The van der Waals surface area contributed by atoms with Gasteiger partial charge in [-0.25, -0.2) is 4.99 Å². The van der Waals surface area contributed by atoms with Gasteiger partial charge in [0, 0.05) is 27.3 Å². The van der Waals surface area contributed by atoms with Gasteiger partial charge in [-0.2, -0.15) is 0 Å². The second kappa shape index (κ2) is 11.8. The lowest BCUT2D eigenvalue weighted by Crippen LogP contribution is -2.39. The van der Waals surface area contributed by atoms with Crippen molar-refractivity contribution in [2.45, 2.75) is 32.9 Å². The zero-order valence-corrected chi connectivity index (χ0v) is 20.4. The van der Waals surface area contributed by atoms with E-state index < -0.39 is 0 Å². The van der Waals surface area contributed by atoms with Crippen LogP contribution in [0.5, 0.6) is 0 Å². The molecule has 30 heavy (non-hydrogen) atoms. The Balaban J connectivity index is 0.00000320. The molecule has 0 bridgehead atoms. The number of nitrogens with zero attached hydrogens (tertiary/aromatic N) is 4. The zero-order chi connectivity index (χ0) is 20.6. The average Bonchev–Trinajstić information content (AvgIpc) is 3.06. The van der Waals surface area contributed by atoms with E-state index in [0.717, 1.165) is 30.6 Å². The number of rotatable bonds is 8. The molecule has 1 heterocycles. The summed E-state index contributed by atoms with van der Waals surface area (Å²) >= 11 is 0. The molecule has 0 saturated carbocycles. The summed E-state index contributed by atoms with van der Waals surface area (Å²) in [6, 6.07) is 14.9. The van der Waals surface area contributed by atoms with Crippen molar-refractivity contribution in [3.8, 4) is 0 Å². The monoisotopic (exact) mass is 522 g/mol. The van der Waals surface area contributed by atoms with Crippen LogP contribution in [0.25, 0.3) is 10.8 Å². The van der Waals surface area contributed by atoms with Crippen molar-refractivity contribution >= 4 is 40.7 Å². The quantitative estimate of drug-likeness (QED) is 0.204. The molecule has 8 heteroatoms. The molecule has 2 N–H and O–H groups in total. The van der Waals surface area contributed by atoms with Crippen LogP contribution in [-0.4, -0.2) is 41.0 Å². The predicted molar refractivity (Wildman–Crippen MR) is 132 cm³/mol. The summed E-state index contributed by atoms with van der Waals surface area (Å²) in [6.45, 7) is 6.03. The highest BCUT2D eigenvalue weighted by molar-refractivity contribution is 14.0. The Morgan fingerprint density at radius 3 is 2.67 bits per heavy atom. The third-order valence-electron chi connectivity index (χ3n) is 5.02. The number of hydrogen-bond acceptors (Lipinski definition) is 4. The lowest BCUT2D eigenvalue weighted by Gasteiger charge is -2.20. The molecular weight excluding hydrogens is 491 g/mol. The number of nitrogens with one attached hydrogen (secondary N) is 2. The Hall–Kier alpha value is -2.20. The van der Waals surface area contributed by atoms with Gasteiger partial charge < -0.3 is 19.9 Å². The number of aliphatic imine (C=N–C) groups is 1. The molecule has 1 unspecified atom stereocenters. The Morgan fingerprint density at radius 1 is 1.17 bits per heavy atom. The van der Waals surface area contributed by atoms with Crippen LogP contribution in [0.1, 0.15) is 36.6 Å². The number of guanidine groups is 1. The normalized spacial score (nSPS) is 12.5. The smallest absolute Gasteiger partial charge is 0.192 e. The van der Waals surface area contributed by atoms with E-state index in [1.54, 1.807) is 7.11 Å². The van der Waals surface area contributed by atoms with Crippen LogP contribution in [0.4, 0.5) is 0 Å². The minimum absolute atomic E-state index is 0. The standard InChI is InChI=1S/C22H30N6O.HI/c1-16(19-12-7-10-18-9-5-6-11-20(18)19)25-22(23-13-8-14-29-4)24-15-21-27-26-17(2)28(21)3;/h5-7,9-12,16H,8,13-15H2,1-4H3,(H2,23,24,25);1H. The maximum Gasteiger partial charge on any atom is 0.192 e. The summed E-state index contributed by atoms with van der Waals surface area (Å²) in [4.78, 5) is 4.74. The van der Waals surface area contributed by atoms with E-state index in [1.807, 2.05) is 18.5 Å². The van der Waals surface area contributed by atoms with E-state index in [9.17, 15) is 0 Å². The lowest BCUT2D eigenvalue weighted by atomic mass is 10.00. The molecule has 1 aromatic heterocycles. The van der Waals surface area contributed by atoms with Crippen molar-refractivity contribution in [2.75, 3.05) is 20.3 Å². The molecule has 1 atom stereocenters. The predicted octanol–water partition coefficient (Wildman–Crippen LogP) is 3.73. The molecule has 0 saturated heterocycles. The van der Waals surface area contributed by atoms with E-state index in [0.29, 0.717) is 13.2 Å². The topological polar surface area (TPSA) is 76.4 Å². The van der Waals surface area contributed by atoms with Crippen molar-refractivity contribution in [2.24, 2.45) is 12.0 Å². The molecule has 3 rings (SSSR count). The van der Waals surface area contributed by atoms with Gasteiger partial charge in [0.25, 0.3) is 0 Å². The summed E-state index contributed by atoms with van der Waals surface area (Å²) in [5.41, 5.74) is 1.24. The molecule has 0 spiro atoms. The first-order valence-corrected chi connectivity index (χ1v) is 9.96. The number of benzene rings is 2. The van der Waals surface area contributed by atoms with Crippen molar-refractivity contribution in [3.05, 3.63) is 59.7 Å². The molecule has 7 nitrogen and oxygen atoms in total. The fourth-order valence-electron chi connectivity index (χ4n) is 3.23. The zero-order valence-electron chi connectivity index (χ0n) is 18.1. The van der Waals surface area contributed by atoms with Gasteiger partial charge in [-0.1, -0.05) is 42.5 Å². The first-order chi connectivity index (χ1) is 14.1. The SMILES string of the molecule is COCCCNC(=NCc1nnc(C)n1C)NC(C)c1cccc2ccccc12.I. The maximum absolute atomic E-state index is 5.15. The number of aryl methyl sites for hydroxylation is 1. The van der Waals surface area contributed by atoms with Crippen LogP contribution < -0.4 is 10.6 Å². The maximum atomic E-state index is 5.15. The number of methoxy groups -OCH3 is 1. The Bertz CT molecular complexity index is 966. The first-order valence-electron chi connectivity index (χ1n) is 9.96. The van der Waals surface area contributed by atoms with E-state index >= 15 is 0 Å². The van der Waals surface area contributed by atoms with Crippen LogP contribution in [0, 0.1) is 6.92 Å². The van der Waals surface area contributed by atoms with Crippen LogP contribution in [0.15, 0.2) is 47.5 Å². The third kappa shape index (κ3) is 6.15. The molecule has 0 amide bonds. The van der Waals surface area contributed by atoms with Crippen molar-refractivity contribution in [1.82, 2.24) is 25.4 Å². The number of ether oxygens (including phenoxy) is 1. The molecule has 162 valence electrons. The molecule has 0 fully saturated rings. The third-order valence-corrected chi connectivity index (χ3v) is 5.02. The van der Waals surface area contributed by atoms with Crippen LogP contribution >= 0.6 is 24.0 Å². The van der Waals surface area contributed by atoms with E-state index in [-0.39, 0.29) is 30.0 Å². The summed E-state index contributed by atoms with van der Waals surface area (Å²) in [6.07, 6.45) is 0.906.